The van der Waals surface area contributed by atoms with Gasteiger partial charge in [-0.25, -0.2) is 9.97 Å². The Morgan fingerprint density at radius 1 is 1.16 bits per heavy atom. The summed E-state index contributed by atoms with van der Waals surface area (Å²) in [7, 11) is 0. The zero-order valence-corrected chi connectivity index (χ0v) is 21.7. The molecule has 3 aromatic heterocycles. The number of amides is 2. The Morgan fingerprint density at radius 3 is 2.74 bits per heavy atom. The number of fused-ring (bicyclic) bond motifs is 2. The van der Waals surface area contributed by atoms with Crippen molar-refractivity contribution in [3.8, 4) is 22.8 Å². The van der Waals surface area contributed by atoms with Crippen LogP contribution in [0, 0.1) is 12.3 Å². The number of carbonyl (C=O) groups excluding carboxylic acids is 2. The lowest BCUT2D eigenvalue weighted by atomic mass is 9.93. The first-order valence-electron chi connectivity index (χ1n) is 11.8. The number of rotatable bonds is 8. The maximum absolute atomic E-state index is 12.3. The van der Waals surface area contributed by atoms with Crippen molar-refractivity contribution in [3.05, 3.63) is 59.8 Å². The molecule has 5 aromatic rings. The van der Waals surface area contributed by atoms with Crippen molar-refractivity contribution in [2.75, 3.05) is 6.54 Å². The van der Waals surface area contributed by atoms with Crippen molar-refractivity contribution >= 4 is 45.5 Å². The van der Waals surface area contributed by atoms with Crippen molar-refractivity contribution in [2.24, 2.45) is 11.1 Å². The van der Waals surface area contributed by atoms with Gasteiger partial charge in [0, 0.05) is 24.4 Å². The summed E-state index contributed by atoms with van der Waals surface area (Å²) in [5, 5.41) is 7.27. The van der Waals surface area contributed by atoms with Crippen LogP contribution in [0.15, 0.2) is 48.9 Å². The molecule has 0 fully saturated rings. The normalized spacial score (nSPS) is 11.7. The molecule has 11 nitrogen and oxygen atoms in total. The largest absolute Gasteiger partial charge is 0.456 e. The standard InChI is InChI=1S/C26H25ClN8O3/c1-14-32-17-5-4-16(8-19(17)33-14)38-21-7-6-18-24(23(21)27)34-20(10-29-18)15-9-31-35(11-15)12-22(36)30-13-26(2,3)25(28)37/h4-11H,12-13H2,1-3H3,(H2,28,37)(H,30,36)(H,32,33). The Labute approximate surface area is 222 Å². The number of aryl methyl sites for hydroxylation is 1. The van der Waals surface area contributed by atoms with Gasteiger partial charge in [0.2, 0.25) is 11.8 Å². The van der Waals surface area contributed by atoms with E-state index in [1.165, 1.54) is 4.68 Å². The number of H-pyrrole nitrogens is 1. The summed E-state index contributed by atoms with van der Waals surface area (Å²) in [4.78, 5) is 40.5. The van der Waals surface area contributed by atoms with E-state index in [9.17, 15) is 9.59 Å². The molecule has 0 saturated heterocycles. The SMILES string of the molecule is Cc1nc2ccc(Oc3ccc4ncc(-c5cnn(CC(=O)NCC(C)(C)C(N)=O)c5)nc4c3Cl)cc2[nH]1. The number of imidazole rings is 1. The molecule has 0 aliphatic rings. The Bertz CT molecular complexity index is 1690. The Morgan fingerprint density at radius 2 is 1.95 bits per heavy atom. The second-order valence-electron chi connectivity index (χ2n) is 9.56. The summed E-state index contributed by atoms with van der Waals surface area (Å²) < 4.78 is 7.53. The highest BCUT2D eigenvalue weighted by Gasteiger charge is 2.25. The first-order chi connectivity index (χ1) is 18.1. The Kier molecular flexibility index (Phi) is 6.45. The van der Waals surface area contributed by atoms with Crippen LogP contribution in [0.2, 0.25) is 5.02 Å². The number of carbonyl (C=O) groups is 2. The van der Waals surface area contributed by atoms with Gasteiger partial charge in [-0.05, 0) is 45.0 Å². The van der Waals surface area contributed by atoms with Crippen LogP contribution in [0.4, 0.5) is 0 Å². The van der Waals surface area contributed by atoms with E-state index >= 15 is 0 Å². The molecule has 0 spiro atoms. The molecule has 2 amide bonds. The van der Waals surface area contributed by atoms with Gasteiger partial charge in [-0.3, -0.25) is 19.3 Å². The monoisotopic (exact) mass is 532 g/mol. The van der Waals surface area contributed by atoms with Crippen molar-refractivity contribution in [1.82, 2.24) is 35.0 Å². The summed E-state index contributed by atoms with van der Waals surface area (Å²) in [6.07, 6.45) is 4.89. The summed E-state index contributed by atoms with van der Waals surface area (Å²) in [5.41, 5.74) is 8.49. The maximum Gasteiger partial charge on any atom is 0.241 e. The predicted octanol–water partition coefficient (Wildman–Crippen LogP) is 3.75. The second kappa shape index (κ2) is 9.75. The van der Waals surface area contributed by atoms with Crippen LogP contribution in [-0.4, -0.2) is 48.1 Å². The van der Waals surface area contributed by atoms with E-state index in [0.717, 1.165) is 16.9 Å². The molecule has 194 valence electrons. The van der Waals surface area contributed by atoms with Crippen LogP contribution in [-0.2, 0) is 16.1 Å². The summed E-state index contributed by atoms with van der Waals surface area (Å²) >= 11 is 6.69. The number of aromatic nitrogens is 6. The van der Waals surface area contributed by atoms with Crippen molar-refractivity contribution < 1.29 is 14.3 Å². The minimum absolute atomic E-state index is 0.0329. The van der Waals surface area contributed by atoms with E-state index in [1.807, 2.05) is 25.1 Å². The molecule has 0 aliphatic carbocycles. The van der Waals surface area contributed by atoms with E-state index in [-0.39, 0.29) is 19.0 Å². The molecule has 2 aromatic carbocycles. The number of halogens is 1. The van der Waals surface area contributed by atoms with Gasteiger partial charge in [-0.2, -0.15) is 5.10 Å². The fraction of sp³-hybridized carbons (Fsp3) is 0.231. The number of aromatic amines is 1. The molecule has 5 rings (SSSR count). The maximum atomic E-state index is 12.3. The molecule has 38 heavy (non-hydrogen) atoms. The number of ether oxygens (including phenoxy) is 1. The number of nitrogens with one attached hydrogen (secondary N) is 2. The molecule has 0 bridgehead atoms. The topological polar surface area (TPSA) is 154 Å². The van der Waals surface area contributed by atoms with Crippen molar-refractivity contribution in [1.29, 1.82) is 0 Å². The predicted molar refractivity (Wildman–Crippen MR) is 143 cm³/mol. The van der Waals surface area contributed by atoms with Gasteiger partial charge in [-0.15, -0.1) is 0 Å². The number of primary amides is 1. The highest BCUT2D eigenvalue weighted by molar-refractivity contribution is 6.36. The minimum atomic E-state index is -0.849. The van der Waals surface area contributed by atoms with Gasteiger partial charge in [0.1, 0.15) is 34.4 Å². The van der Waals surface area contributed by atoms with Gasteiger partial charge in [-0.1, -0.05) is 11.6 Å². The van der Waals surface area contributed by atoms with Crippen molar-refractivity contribution in [3.63, 3.8) is 0 Å². The first kappa shape index (κ1) is 25.2. The molecule has 4 N–H and O–H groups in total. The van der Waals surface area contributed by atoms with E-state index in [4.69, 9.17) is 22.1 Å². The molecule has 0 unspecified atom stereocenters. The van der Waals surface area contributed by atoms with Gasteiger partial charge in [0.15, 0.2) is 0 Å². The number of hydrogen-bond donors (Lipinski definition) is 3. The molecule has 0 radical (unpaired) electrons. The summed E-state index contributed by atoms with van der Waals surface area (Å²) in [5.74, 6) is 1.07. The van der Waals surface area contributed by atoms with Crippen LogP contribution in [0.3, 0.4) is 0 Å². The highest BCUT2D eigenvalue weighted by atomic mass is 35.5. The molecular weight excluding hydrogens is 508 g/mol. The molecule has 3 heterocycles. The number of hydrogen-bond acceptors (Lipinski definition) is 7. The van der Waals surface area contributed by atoms with E-state index in [2.05, 4.69) is 30.4 Å². The van der Waals surface area contributed by atoms with Gasteiger partial charge < -0.3 is 20.8 Å². The number of benzene rings is 2. The molecule has 0 atom stereocenters. The Balaban J connectivity index is 1.34. The highest BCUT2D eigenvalue weighted by Crippen LogP contribution is 2.35. The fourth-order valence-electron chi connectivity index (χ4n) is 3.74. The lowest BCUT2D eigenvalue weighted by molar-refractivity contribution is -0.127. The Hall–Kier alpha value is -4.51. The van der Waals surface area contributed by atoms with Crippen molar-refractivity contribution in [2.45, 2.75) is 27.3 Å². The molecule has 0 saturated carbocycles. The summed E-state index contributed by atoms with van der Waals surface area (Å²) in [6, 6.07) is 9.09. The average molecular weight is 533 g/mol. The third-order valence-electron chi connectivity index (χ3n) is 6.05. The van der Waals surface area contributed by atoms with Crippen LogP contribution >= 0.6 is 11.6 Å². The molecule has 0 aliphatic heterocycles. The van der Waals surface area contributed by atoms with E-state index in [0.29, 0.717) is 38.8 Å². The lowest BCUT2D eigenvalue weighted by Gasteiger charge is -2.20. The molecule has 12 heteroatoms. The smallest absolute Gasteiger partial charge is 0.241 e. The van der Waals surface area contributed by atoms with Crippen LogP contribution in [0.1, 0.15) is 19.7 Å². The third kappa shape index (κ3) is 5.14. The van der Waals surface area contributed by atoms with Gasteiger partial charge in [0.05, 0.1) is 40.1 Å². The van der Waals surface area contributed by atoms with Crippen LogP contribution < -0.4 is 15.8 Å². The zero-order valence-electron chi connectivity index (χ0n) is 20.9. The summed E-state index contributed by atoms with van der Waals surface area (Å²) in [6.45, 7) is 5.32. The van der Waals surface area contributed by atoms with E-state index in [1.54, 1.807) is 44.6 Å². The second-order valence-corrected chi connectivity index (χ2v) is 9.93. The number of nitrogens with two attached hydrogens (primary N) is 1. The minimum Gasteiger partial charge on any atom is -0.456 e. The third-order valence-corrected chi connectivity index (χ3v) is 6.41. The zero-order chi connectivity index (χ0) is 27.0. The van der Waals surface area contributed by atoms with Crippen LogP contribution in [0.5, 0.6) is 11.5 Å². The van der Waals surface area contributed by atoms with Gasteiger partial charge in [0.25, 0.3) is 0 Å². The lowest BCUT2D eigenvalue weighted by Crippen LogP contribution is -2.43. The number of nitrogens with zero attached hydrogens (tertiary/aromatic N) is 5. The van der Waals surface area contributed by atoms with Gasteiger partial charge >= 0.3 is 0 Å². The molecular formula is C26H25ClN8O3. The van der Waals surface area contributed by atoms with E-state index < -0.39 is 11.3 Å². The van der Waals surface area contributed by atoms with Crippen LogP contribution in [0.25, 0.3) is 33.3 Å². The average Bonchev–Trinajstić information content (AvgIpc) is 3.49. The first-order valence-corrected chi connectivity index (χ1v) is 12.2. The quantitative estimate of drug-likeness (QED) is 0.275. The fourth-order valence-corrected chi connectivity index (χ4v) is 3.98.